The second kappa shape index (κ2) is 12.3. The average Bonchev–Trinajstić information content (AvgIpc) is 2.93. The third-order valence-electron chi connectivity index (χ3n) is 5.83. The summed E-state index contributed by atoms with van der Waals surface area (Å²) >= 11 is 0. The predicted molar refractivity (Wildman–Crippen MR) is 140 cm³/mol. The zero-order chi connectivity index (χ0) is 25.2. The Morgan fingerprint density at radius 3 is 2.28 bits per heavy atom. The van der Waals surface area contributed by atoms with Gasteiger partial charge in [-0.15, -0.1) is 0 Å². The standard InChI is InChI=1S/C30H29N3O3/c1-22(23-11-4-2-5-12-23)36-30(35)33-21-25-15-10-17-27(24-13-6-3-7-14-24)28(25)29(34)32-20-18-26-16-8-9-19-31-26/h2-17,19,22H,18,20-21H2,1H3,(H,32,34)(H,33,35). The van der Waals surface area contributed by atoms with Crippen molar-refractivity contribution < 1.29 is 14.3 Å². The van der Waals surface area contributed by atoms with Crippen LogP contribution in [0.1, 0.15) is 40.2 Å². The molecule has 36 heavy (non-hydrogen) atoms. The maximum absolute atomic E-state index is 13.4. The van der Waals surface area contributed by atoms with E-state index in [4.69, 9.17) is 4.74 Å². The minimum atomic E-state index is -0.544. The first kappa shape index (κ1) is 24.7. The van der Waals surface area contributed by atoms with E-state index in [2.05, 4.69) is 15.6 Å². The summed E-state index contributed by atoms with van der Waals surface area (Å²) in [5.41, 5.74) is 4.78. The summed E-state index contributed by atoms with van der Waals surface area (Å²) in [6.45, 7) is 2.43. The summed E-state index contributed by atoms with van der Waals surface area (Å²) in [5, 5.41) is 5.82. The van der Waals surface area contributed by atoms with Gasteiger partial charge in [-0.05, 0) is 41.3 Å². The normalized spacial score (nSPS) is 11.4. The fourth-order valence-corrected chi connectivity index (χ4v) is 3.97. The van der Waals surface area contributed by atoms with E-state index in [0.29, 0.717) is 24.1 Å². The van der Waals surface area contributed by atoms with Crippen LogP contribution in [0.4, 0.5) is 4.79 Å². The Labute approximate surface area is 211 Å². The maximum Gasteiger partial charge on any atom is 0.408 e. The number of hydrogen-bond donors (Lipinski definition) is 2. The summed E-state index contributed by atoms with van der Waals surface area (Å²) in [6, 6.07) is 30.7. The quantitative estimate of drug-likeness (QED) is 0.322. The number of amides is 2. The molecule has 0 radical (unpaired) electrons. The maximum atomic E-state index is 13.4. The summed E-state index contributed by atoms with van der Waals surface area (Å²) in [5.74, 6) is -0.201. The summed E-state index contributed by atoms with van der Waals surface area (Å²) in [4.78, 5) is 30.2. The highest BCUT2D eigenvalue weighted by molar-refractivity contribution is 6.02. The van der Waals surface area contributed by atoms with Crippen LogP contribution in [0.15, 0.2) is 103 Å². The molecule has 0 fully saturated rings. The molecule has 3 aromatic carbocycles. The van der Waals surface area contributed by atoms with Gasteiger partial charge in [0.15, 0.2) is 0 Å². The highest BCUT2D eigenvalue weighted by Gasteiger charge is 2.19. The van der Waals surface area contributed by atoms with E-state index in [1.54, 1.807) is 6.20 Å². The van der Waals surface area contributed by atoms with Crippen molar-refractivity contribution in [2.24, 2.45) is 0 Å². The molecule has 1 heterocycles. The molecule has 1 unspecified atom stereocenters. The fourth-order valence-electron chi connectivity index (χ4n) is 3.97. The Bertz CT molecular complexity index is 1280. The second-order valence-electron chi connectivity index (χ2n) is 8.34. The molecule has 0 saturated heterocycles. The first-order chi connectivity index (χ1) is 17.6. The first-order valence-electron chi connectivity index (χ1n) is 12.0. The molecule has 182 valence electrons. The van der Waals surface area contributed by atoms with Crippen molar-refractivity contribution in [3.63, 3.8) is 0 Å². The van der Waals surface area contributed by atoms with Crippen LogP contribution in [-0.2, 0) is 17.7 Å². The molecule has 4 rings (SSSR count). The lowest BCUT2D eigenvalue weighted by Crippen LogP contribution is -2.30. The number of carbonyl (C=O) groups excluding carboxylic acids is 2. The van der Waals surface area contributed by atoms with Gasteiger partial charge in [0.05, 0.1) is 5.56 Å². The molecule has 0 spiro atoms. The predicted octanol–water partition coefficient (Wildman–Crippen LogP) is 5.71. The topological polar surface area (TPSA) is 80.3 Å². The number of pyridine rings is 1. The molecule has 0 bridgehead atoms. The minimum absolute atomic E-state index is 0.157. The van der Waals surface area contributed by atoms with Crippen LogP contribution >= 0.6 is 0 Å². The molecule has 1 atom stereocenters. The third-order valence-corrected chi connectivity index (χ3v) is 5.83. The van der Waals surface area contributed by atoms with E-state index in [-0.39, 0.29) is 12.5 Å². The van der Waals surface area contributed by atoms with Gasteiger partial charge in [-0.25, -0.2) is 4.79 Å². The zero-order valence-electron chi connectivity index (χ0n) is 20.2. The number of alkyl carbamates (subject to hydrolysis) is 1. The van der Waals surface area contributed by atoms with Crippen molar-refractivity contribution >= 4 is 12.0 Å². The zero-order valence-corrected chi connectivity index (χ0v) is 20.2. The van der Waals surface area contributed by atoms with Gasteiger partial charge < -0.3 is 15.4 Å². The largest absolute Gasteiger partial charge is 0.442 e. The molecule has 0 aliphatic rings. The van der Waals surface area contributed by atoms with Gasteiger partial charge in [-0.2, -0.15) is 0 Å². The van der Waals surface area contributed by atoms with Crippen molar-refractivity contribution in [1.29, 1.82) is 0 Å². The highest BCUT2D eigenvalue weighted by atomic mass is 16.6. The summed E-state index contributed by atoms with van der Waals surface area (Å²) in [7, 11) is 0. The lowest BCUT2D eigenvalue weighted by atomic mass is 9.94. The average molecular weight is 480 g/mol. The Hall–Kier alpha value is -4.45. The molecule has 6 heteroatoms. The molecule has 0 aliphatic carbocycles. The van der Waals surface area contributed by atoms with Crippen molar-refractivity contribution in [3.8, 4) is 11.1 Å². The van der Waals surface area contributed by atoms with E-state index < -0.39 is 12.2 Å². The Balaban J connectivity index is 1.49. The fraction of sp³-hybridized carbons (Fsp3) is 0.167. The van der Waals surface area contributed by atoms with Crippen molar-refractivity contribution in [3.05, 3.63) is 126 Å². The van der Waals surface area contributed by atoms with Crippen LogP contribution < -0.4 is 10.6 Å². The van der Waals surface area contributed by atoms with Gasteiger partial charge >= 0.3 is 6.09 Å². The number of ether oxygens (including phenoxy) is 1. The van der Waals surface area contributed by atoms with Crippen molar-refractivity contribution in [1.82, 2.24) is 15.6 Å². The number of carbonyl (C=O) groups is 2. The molecule has 2 N–H and O–H groups in total. The van der Waals surface area contributed by atoms with E-state index in [0.717, 1.165) is 22.4 Å². The lowest BCUT2D eigenvalue weighted by molar-refractivity contribution is 0.0950. The van der Waals surface area contributed by atoms with Gasteiger partial charge in [0.1, 0.15) is 6.10 Å². The number of nitrogens with zero attached hydrogens (tertiary/aromatic N) is 1. The van der Waals surface area contributed by atoms with E-state index in [9.17, 15) is 9.59 Å². The molecule has 4 aromatic rings. The van der Waals surface area contributed by atoms with Gasteiger partial charge in [-0.1, -0.05) is 84.9 Å². The molecule has 0 saturated carbocycles. The van der Waals surface area contributed by atoms with E-state index in [1.807, 2.05) is 104 Å². The summed E-state index contributed by atoms with van der Waals surface area (Å²) in [6.07, 6.45) is 1.43. The highest BCUT2D eigenvalue weighted by Crippen LogP contribution is 2.27. The number of aromatic nitrogens is 1. The number of rotatable bonds is 9. The molecule has 1 aromatic heterocycles. The van der Waals surface area contributed by atoms with Gasteiger partial charge in [-0.3, -0.25) is 9.78 Å². The Morgan fingerprint density at radius 2 is 1.56 bits per heavy atom. The van der Waals surface area contributed by atoms with Crippen LogP contribution in [0.25, 0.3) is 11.1 Å². The second-order valence-corrected chi connectivity index (χ2v) is 8.34. The third kappa shape index (κ3) is 6.57. The van der Waals surface area contributed by atoms with E-state index >= 15 is 0 Å². The van der Waals surface area contributed by atoms with Crippen LogP contribution in [0.2, 0.25) is 0 Å². The monoisotopic (exact) mass is 479 g/mol. The number of nitrogens with one attached hydrogen (secondary N) is 2. The Kier molecular flexibility index (Phi) is 8.44. The van der Waals surface area contributed by atoms with Crippen molar-refractivity contribution in [2.45, 2.75) is 26.0 Å². The molecular weight excluding hydrogens is 450 g/mol. The molecular formula is C30H29N3O3. The van der Waals surface area contributed by atoms with Crippen LogP contribution in [-0.4, -0.2) is 23.5 Å². The van der Waals surface area contributed by atoms with Gasteiger partial charge in [0.25, 0.3) is 5.91 Å². The molecule has 0 aliphatic heterocycles. The molecule has 6 nitrogen and oxygen atoms in total. The van der Waals surface area contributed by atoms with Crippen LogP contribution in [0.5, 0.6) is 0 Å². The van der Waals surface area contributed by atoms with Crippen molar-refractivity contribution in [2.75, 3.05) is 6.54 Å². The van der Waals surface area contributed by atoms with Gasteiger partial charge in [0.2, 0.25) is 0 Å². The number of benzene rings is 3. The minimum Gasteiger partial charge on any atom is -0.442 e. The first-order valence-corrected chi connectivity index (χ1v) is 12.0. The molecule has 2 amide bonds. The smallest absolute Gasteiger partial charge is 0.408 e. The van der Waals surface area contributed by atoms with Crippen LogP contribution in [0.3, 0.4) is 0 Å². The van der Waals surface area contributed by atoms with Gasteiger partial charge in [0, 0.05) is 31.4 Å². The van der Waals surface area contributed by atoms with Crippen LogP contribution in [0, 0.1) is 0 Å². The van der Waals surface area contributed by atoms with E-state index in [1.165, 1.54) is 0 Å². The lowest BCUT2D eigenvalue weighted by Gasteiger charge is -2.17. The Morgan fingerprint density at radius 1 is 0.833 bits per heavy atom. The summed E-state index contributed by atoms with van der Waals surface area (Å²) < 4.78 is 5.53. The number of hydrogen-bond acceptors (Lipinski definition) is 4. The SMILES string of the molecule is CC(OC(=O)NCc1cccc(-c2ccccc2)c1C(=O)NCCc1ccccn1)c1ccccc1.